The molecule has 0 amide bonds. The Morgan fingerprint density at radius 2 is 0.922 bits per heavy atom. The van der Waals surface area contributed by atoms with Crippen molar-refractivity contribution in [2.24, 2.45) is 0 Å². The molecule has 6 heteroatoms. The van der Waals surface area contributed by atoms with Crippen molar-refractivity contribution in [3.63, 3.8) is 0 Å². The maximum Gasteiger partial charge on any atom is 3.00 e. The van der Waals surface area contributed by atoms with Gasteiger partial charge in [-0.1, -0.05) is 158 Å². The summed E-state index contributed by atoms with van der Waals surface area (Å²) in [6.07, 6.45) is 9.75. The van der Waals surface area contributed by atoms with E-state index in [0.717, 1.165) is 97.8 Å². The van der Waals surface area contributed by atoms with Gasteiger partial charge in [0.05, 0.1) is 11.0 Å². The summed E-state index contributed by atoms with van der Waals surface area (Å²) in [5, 5.41) is 14.1. The maximum absolute atomic E-state index is 5.33. The van der Waals surface area contributed by atoms with E-state index >= 15 is 0 Å². The number of hydrogen-bond acceptors (Lipinski definition) is 3. The largest absolute Gasteiger partial charge is 3.00 e. The van der Waals surface area contributed by atoms with Crippen LogP contribution in [0.25, 0.3) is 99.7 Å². The van der Waals surface area contributed by atoms with Crippen LogP contribution in [-0.2, 0) is 45.8 Å². The fraction of sp³-hybridized carbons (Fsp3) is 0.0845. The third-order valence-corrected chi connectivity index (χ3v) is 14.9. The second-order valence-electron chi connectivity index (χ2n) is 19.9. The van der Waals surface area contributed by atoms with E-state index in [1.165, 1.54) is 61.0 Å². The first-order valence-electron chi connectivity index (χ1n) is 26.1. The van der Waals surface area contributed by atoms with Gasteiger partial charge in [-0.2, -0.15) is 57.7 Å². The zero-order chi connectivity index (χ0) is 51.0. The van der Waals surface area contributed by atoms with Crippen LogP contribution in [0.5, 0.6) is 0 Å². The minimum atomic E-state index is 0. The molecule has 0 saturated carbocycles. The molecule has 5 nitrogen and oxygen atoms in total. The minimum absolute atomic E-state index is 0. The number of benzene rings is 10. The molecule has 0 spiro atoms. The molecular weight excluding hydrogens is 1120 g/mol. The zero-order valence-electron chi connectivity index (χ0n) is 42.8. The molecule has 0 bridgehead atoms. The van der Waals surface area contributed by atoms with Gasteiger partial charge in [0.15, 0.2) is 0 Å². The predicted molar refractivity (Wildman–Crippen MR) is 312 cm³/mol. The summed E-state index contributed by atoms with van der Waals surface area (Å²) >= 11 is 0. The average Bonchev–Trinajstić information content (AvgIpc) is 4.13. The molecule has 0 saturated heterocycles. The van der Waals surface area contributed by atoms with Crippen molar-refractivity contribution in [3.8, 4) is 67.1 Å². The van der Waals surface area contributed by atoms with Gasteiger partial charge in [-0.25, -0.2) is 0 Å². The number of aromatic nitrogens is 5. The SMILES string of the molecule is Cc1cc2c(-c3ccccc3-c3cc(CCc4c[c-]c(-n5cc6ccccc6n5)cc4)cc(CCc4c[c-]c(-n5cc6ccccc6n5)cc4)c3)cnc(-c3[c-]ccc(-c4ccc(-c5ccccc5)cc4)c3)c2cc1C.[Ir+3]. The first-order chi connectivity index (χ1) is 37.4. The van der Waals surface area contributed by atoms with Crippen molar-refractivity contribution in [3.05, 3.63) is 282 Å². The van der Waals surface area contributed by atoms with Crippen molar-refractivity contribution in [2.75, 3.05) is 0 Å². The third kappa shape index (κ3) is 10.2. The van der Waals surface area contributed by atoms with Gasteiger partial charge >= 0.3 is 20.1 Å². The topological polar surface area (TPSA) is 48.5 Å². The van der Waals surface area contributed by atoms with E-state index in [4.69, 9.17) is 15.2 Å². The molecule has 13 aromatic rings. The molecule has 0 unspecified atom stereocenters. The van der Waals surface area contributed by atoms with Gasteiger partial charge < -0.3 is 4.98 Å². The third-order valence-electron chi connectivity index (χ3n) is 14.9. The van der Waals surface area contributed by atoms with E-state index in [0.29, 0.717) is 0 Å². The standard InChI is InChI=1S/C71H52N5.Ir/c1-48-39-66-67(40-49(48)2)71(58-18-12-17-57(44-58)56-33-31-55(32-34-56)54-13-4-3-5-14-54)72-45-68(66)65-20-9-8-19-64(65)61-42-52(25-23-50-27-35-62(36-28-50)75-46-59-15-6-10-21-69(59)73-75)41-53(43-61)26-24-51-29-37-63(38-30-51)76-47-60-16-7-11-22-70(60)74-76;/h3-17,19-22,27-35,37,39-47H,23-26H2,1-2H3;/q-3;+3. The van der Waals surface area contributed by atoms with E-state index in [1.54, 1.807) is 0 Å². The van der Waals surface area contributed by atoms with Crippen LogP contribution in [0.4, 0.5) is 0 Å². The van der Waals surface area contributed by atoms with E-state index in [1.807, 2.05) is 51.8 Å². The average molecular weight is 1170 g/mol. The van der Waals surface area contributed by atoms with Crippen LogP contribution in [0.2, 0.25) is 0 Å². The van der Waals surface area contributed by atoms with Crippen LogP contribution in [-0.4, -0.2) is 24.5 Å². The Morgan fingerprint density at radius 1 is 0.403 bits per heavy atom. The number of aryl methyl sites for hydroxylation is 6. The van der Waals surface area contributed by atoms with Crippen LogP contribution in [0.1, 0.15) is 33.4 Å². The molecule has 3 heterocycles. The van der Waals surface area contributed by atoms with Gasteiger partial charge in [-0.15, -0.1) is 47.5 Å². The zero-order valence-corrected chi connectivity index (χ0v) is 45.2. The van der Waals surface area contributed by atoms with Crippen molar-refractivity contribution < 1.29 is 20.1 Å². The number of fused-ring (bicyclic) bond motifs is 3. The second-order valence-corrected chi connectivity index (χ2v) is 19.9. The Kier molecular flexibility index (Phi) is 13.7. The number of pyridine rings is 1. The number of rotatable bonds is 13. The van der Waals surface area contributed by atoms with Gasteiger partial charge in [0.2, 0.25) is 0 Å². The molecule has 0 aliphatic carbocycles. The molecule has 77 heavy (non-hydrogen) atoms. The Bertz CT molecular complexity index is 4020. The number of hydrogen-bond donors (Lipinski definition) is 0. The van der Waals surface area contributed by atoms with E-state index in [9.17, 15) is 0 Å². The molecule has 13 rings (SSSR count). The van der Waals surface area contributed by atoms with Gasteiger partial charge in [0, 0.05) is 34.9 Å². The fourth-order valence-corrected chi connectivity index (χ4v) is 10.6. The minimum Gasteiger partial charge on any atom is -0.303 e. The van der Waals surface area contributed by atoms with Crippen LogP contribution in [0.3, 0.4) is 0 Å². The molecule has 370 valence electrons. The first-order valence-corrected chi connectivity index (χ1v) is 26.1. The van der Waals surface area contributed by atoms with E-state index < -0.39 is 0 Å². The Balaban J connectivity index is 0.00000596. The van der Waals surface area contributed by atoms with Crippen LogP contribution >= 0.6 is 0 Å². The van der Waals surface area contributed by atoms with Crippen LogP contribution < -0.4 is 0 Å². The molecule has 0 N–H and O–H groups in total. The molecule has 0 fully saturated rings. The summed E-state index contributed by atoms with van der Waals surface area (Å²) in [7, 11) is 0. The Morgan fingerprint density at radius 3 is 1.51 bits per heavy atom. The quantitative estimate of drug-likeness (QED) is 0.108. The van der Waals surface area contributed by atoms with Crippen LogP contribution in [0, 0.1) is 32.0 Å². The summed E-state index contributed by atoms with van der Waals surface area (Å²) in [6, 6.07) is 86.5. The maximum atomic E-state index is 5.33. The monoisotopic (exact) mass is 1170 g/mol. The predicted octanol–water partition coefficient (Wildman–Crippen LogP) is 16.8. The molecule has 3 aromatic heterocycles. The molecule has 10 aromatic carbocycles. The fourth-order valence-electron chi connectivity index (χ4n) is 10.6. The second kappa shape index (κ2) is 21.4. The normalized spacial score (nSPS) is 11.4. The molecule has 0 atom stereocenters. The van der Waals surface area contributed by atoms with Gasteiger partial charge in [0.1, 0.15) is 0 Å². The Labute approximate surface area is 463 Å². The van der Waals surface area contributed by atoms with Gasteiger partial charge in [-0.3, -0.25) is 9.36 Å². The summed E-state index contributed by atoms with van der Waals surface area (Å²) < 4.78 is 3.84. The summed E-state index contributed by atoms with van der Waals surface area (Å²) in [6.45, 7) is 4.41. The van der Waals surface area contributed by atoms with Gasteiger partial charge in [0.25, 0.3) is 0 Å². The van der Waals surface area contributed by atoms with Crippen molar-refractivity contribution in [1.82, 2.24) is 24.5 Å². The molecule has 0 radical (unpaired) electrons. The number of nitrogens with zero attached hydrogens (tertiary/aromatic N) is 5. The van der Waals surface area contributed by atoms with E-state index in [-0.39, 0.29) is 20.1 Å². The summed E-state index contributed by atoms with van der Waals surface area (Å²) in [5.74, 6) is 0. The van der Waals surface area contributed by atoms with Gasteiger partial charge in [-0.05, 0) is 122 Å². The molecular formula is C71H52IrN5. The van der Waals surface area contributed by atoms with Crippen molar-refractivity contribution >= 4 is 32.6 Å². The molecule has 0 aliphatic heterocycles. The molecule has 0 aliphatic rings. The first kappa shape index (κ1) is 49.1. The van der Waals surface area contributed by atoms with Crippen molar-refractivity contribution in [2.45, 2.75) is 39.5 Å². The van der Waals surface area contributed by atoms with E-state index in [2.05, 4.69) is 220 Å². The van der Waals surface area contributed by atoms with Crippen LogP contribution in [0.15, 0.2) is 231 Å². The smallest absolute Gasteiger partial charge is 0.303 e. The summed E-state index contributed by atoms with van der Waals surface area (Å²) in [5.41, 5.74) is 22.6. The van der Waals surface area contributed by atoms with Crippen molar-refractivity contribution in [1.29, 1.82) is 0 Å². The Hall–Kier alpha value is -8.80. The summed E-state index contributed by atoms with van der Waals surface area (Å²) in [4.78, 5) is 5.33.